The molecule has 1 aliphatic rings. The molecule has 0 radical (unpaired) electrons. The monoisotopic (exact) mass is 307 g/mol. The number of amides is 1. The maximum Gasteiger partial charge on any atom is 0.254 e. The van der Waals surface area contributed by atoms with Gasteiger partial charge < -0.3 is 5.32 Å². The predicted octanol–water partition coefficient (Wildman–Crippen LogP) is -0.142. The highest BCUT2D eigenvalue weighted by atomic mass is 79.9. The minimum absolute atomic E-state index is 0.000556. The first-order valence-electron chi connectivity index (χ1n) is 4.54. The molecular weight excluding hydrogens is 300 g/mol. The molecule has 0 spiro atoms. The quantitative estimate of drug-likeness (QED) is 0.492. The van der Waals surface area contributed by atoms with E-state index >= 15 is 0 Å². The van der Waals surface area contributed by atoms with Gasteiger partial charge in [-0.15, -0.1) is 0 Å². The van der Waals surface area contributed by atoms with E-state index in [1.807, 2.05) is 0 Å². The summed E-state index contributed by atoms with van der Waals surface area (Å²) in [4.78, 5) is 11.7. The van der Waals surface area contributed by atoms with Crippen molar-refractivity contribution < 1.29 is 13.6 Å². The van der Waals surface area contributed by atoms with E-state index in [2.05, 4.69) is 43.2 Å². The van der Waals surface area contributed by atoms with Crippen LogP contribution in [0.4, 0.5) is 8.78 Å². The maximum atomic E-state index is 13.0. The lowest BCUT2D eigenvalue weighted by Crippen LogP contribution is -2.49. The summed E-state index contributed by atoms with van der Waals surface area (Å²) in [6.45, 7) is 0. The number of hydrazine groups is 3. The van der Waals surface area contributed by atoms with Gasteiger partial charge in [0.1, 0.15) is 0 Å². The zero-order valence-electron chi connectivity index (χ0n) is 8.27. The fourth-order valence-electron chi connectivity index (χ4n) is 1.23. The van der Waals surface area contributed by atoms with Gasteiger partial charge >= 0.3 is 0 Å². The van der Waals surface area contributed by atoms with Crippen molar-refractivity contribution >= 4 is 21.8 Å². The molecule has 0 aromatic heterocycles. The van der Waals surface area contributed by atoms with Crippen molar-refractivity contribution in [1.29, 1.82) is 0 Å². The molecule has 1 saturated heterocycles. The second kappa shape index (κ2) is 5.02. The standard InChI is InChI=1S/C8H8BrF2N5O/c9-4-2-6(11)5(10)1-3(4)7(17)12-8-13-15-16-14-8/h1-2,8,13-16H,(H,12,17). The Bertz CT molecular complexity index is 452. The largest absolute Gasteiger partial charge is 0.322 e. The second-order valence-electron chi connectivity index (χ2n) is 3.19. The number of benzene rings is 1. The number of hydrogen-bond acceptors (Lipinski definition) is 5. The Morgan fingerprint density at radius 1 is 1.24 bits per heavy atom. The summed E-state index contributed by atoms with van der Waals surface area (Å²) in [5, 5.41) is 2.48. The lowest BCUT2D eigenvalue weighted by molar-refractivity contribution is 0.0925. The SMILES string of the molecule is O=C(NC1NNNN1)c1cc(F)c(F)cc1Br. The topological polar surface area (TPSA) is 77.2 Å². The summed E-state index contributed by atoms with van der Waals surface area (Å²) in [7, 11) is 0. The van der Waals surface area contributed by atoms with E-state index in [9.17, 15) is 13.6 Å². The summed E-state index contributed by atoms with van der Waals surface area (Å²) in [6, 6.07) is 1.72. The van der Waals surface area contributed by atoms with Gasteiger partial charge in [-0.3, -0.25) is 4.79 Å². The highest BCUT2D eigenvalue weighted by Gasteiger charge is 2.19. The molecule has 0 bridgehead atoms. The Hall–Kier alpha value is -1.13. The summed E-state index contributed by atoms with van der Waals surface area (Å²) < 4.78 is 26.0. The zero-order valence-corrected chi connectivity index (χ0v) is 9.86. The lowest BCUT2D eigenvalue weighted by Gasteiger charge is -2.12. The smallest absolute Gasteiger partial charge is 0.254 e. The van der Waals surface area contributed by atoms with Gasteiger partial charge in [0, 0.05) is 4.47 Å². The number of carbonyl (C=O) groups is 1. The minimum atomic E-state index is -1.08. The molecule has 0 unspecified atom stereocenters. The number of halogens is 3. The first-order chi connectivity index (χ1) is 8.08. The highest BCUT2D eigenvalue weighted by molar-refractivity contribution is 9.10. The third kappa shape index (κ3) is 2.76. The van der Waals surface area contributed by atoms with Crippen LogP contribution in [0.15, 0.2) is 16.6 Å². The Balaban J connectivity index is 2.15. The molecule has 1 heterocycles. The third-order valence-electron chi connectivity index (χ3n) is 2.03. The van der Waals surface area contributed by atoms with Gasteiger partial charge in [-0.05, 0) is 28.1 Å². The number of hydrogen-bond donors (Lipinski definition) is 5. The average molecular weight is 308 g/mol. The van der Waals surface area contributed by atoms with E-state index in [1.54, 1.807) is 0 Å². The van der Waals surface area contributed by atoms with Crippen LogP contribution in [-0.2, 0) is 0 Å². The van der Waals surface area contributed by atoms with Crippen LogP contribution < -0.4 is 27.2 Å². The van der Waals surface area contributed by atoms with E-state index in [0.29, 0.717) is 0 Å². The Morgan fingerprint density at radius 3 is 2.47 bits per heavy atom. The molecule has 92 valence electrons. The van der Waals surface area contributed by atoms with Crippen molar-refractivity contribution in [3.63, 3.8) is 0 Å². The highest BCUT2D eigenvalue weighted by Crippen LogP contribution is 2.20. The van der Waals surface area contributed by atoms with Crippen LogP contribution in [0.5, 0.6) is 0 Å². The van der Waals surface area contributed by atoms with Crippen molar-refractivity contribution in [2.75, 3.05) is 0 Å². The van der Waals surface area contributed by atoms with E-state index in [1.165, 1.54) is 0 Å². The fourth-order valence-corrected chi connectivity index (χ4v) is 1.73. The molecule has 5 N–H and O–H groups in total. The van der Waals surface area contributed by atoms with Crippen molar-refractivity contribution in [2.45, 2.75) is 6.29 Å². The van der Waals surface area contributed by atoms with Crippen LogP contribution in [0.2, 0.25) is 0 Å². The van der Waals surface area contributed by atoms with Crippen molar-refractivity contribution in [2.24, 2.45) is 0 Å². The summed E-state index contributed by atoms with van der Waals surface area (Å²) in [6.07, 6.45) is -0.567. The van der Waals surface area contributed by atoms with Gasteiger partial charge in [-0.25, -0.2) is 19.6 Å². The molecule has 0 atom stereocenters. The average Bonchev–Trinajstić information content (AvgIpc) is 2.76. The van der Waals surface area contributed by atoms with Crippen molar-refractivity contribution in [3.05, 3.63) is 33.8 Å². The van der Waals surface area contributed by atoms with Gasteiger partial charge in [0.15, 0.2) is 17.9 Å². The lowest BCUT2D eigenvalue weighted by atomic mass is 10.2. The van der Waals surface area contributed by atoms with Crippen LogP contribution in [0.3, 0.4) is 0 Å². The van der Waals surface area contributed by atoms with E-state index in [4.69, 9.17) is 0 Å². The molecule has 0 saturated carbocycles. The fraction of sp³-hybridized carbons (Fsp3) is 0.125. The molecule has 1 aromatic carbocycles. The van der Waals surface area contributed by atoms with Gasteiger partial charge in [0.05, 0.1) is 5.56 Å². The van der Waals surface area contributed by atoms with Crippen LogP contribution in [0.1, 0.15) is 10.4 Å². The molecular formula is C8H8BrF2N5O. The van der Waals surface area contributed by atoms with Crippen LogP contribution in [0, 0.1) is 11.6 Å². The molecule has 9 heteroatoms. The Morgan fingerprint density at radius 2 is 1.82 bits per heavy atom. The normalized spacial score (nSPS) is 16.2. The number of carbonyl (C=O) groups excluding carboxylic acids is 1. The molecule has 1 aliphatic heterocycles. The van der Waals surface area contributed by atoms with Gasteiger partial charge in [0.25, 0.3) is 5.91 Å². The Kier molecular flexibility index (Phi) is 3.64. The van der Waals surface area contributed by atoms with E-state index in [-0.39, 0.29) is 10.0 Å². The minimum Gasteiger partial charge on any atom is -0.322 e. The van der Waals surface area contributed by atoms with Gasteiger partial charge in [0.2, 0.25) is 0 Å². The molecule has 2 rings (SSSR count). The molecule has 0 aliphatic carbocycles. The summed E-state index contributed by atoms with van der Waals surface area (Å²) in [5.74, 6) is -2.66. The zero-order chi connectivity index (χ0) is 12.4. The maximum absolute atomic E-state index is 13.0. The van der Waals surface area contributed by atoms with Crippen molar-refractivity contribution in [3.8, 4) is 0 Å². The number of nitrogens with one attached hydrogen (secondary N) is 5. The molecule has 17 heavy (non-hydrogen) atoms. The van der Waals surface area contributed by atoms with Crippen LogP contribution in [0.25, 0.3) is 0 Å². The van der Waals surface area contributed by atoms with Crippen LogP contribution in [-0.4, -0.2) is 12.2 Å². The Labute approximate surface area is 103 Å². The first kappa shape index (κ1) is 12.3. The van der Waals surface area contributed by atoms with Crippen LogP contribution >= 0.6 is 15.9 Å². The number of rotatable bonds is 2. The summed E-state index contributed by atoms with van der Waals surface area (Å²) in [5.41, 5.74) is 10.2. The molecule has 1 aromatic rings. The molecule has 6 nitrogen and oxygen atoms in total. The molecule has 1 fully saturated rings. The van der Waals surface area contributed by atoms with E-state index < -0.39 is 23.8 Å². The van der Waals surface area contributed by atoms with Crippen molar-refractivity contribution in [1.82, 2.24) is 27.2 Å². The van der Waals surface area contributed by atoms with Gasteiger partial charge in [-0.1, -0.05) is 0 Å². The second-order valence-corrected chi connectivity index (χ2v) is 4.05. The third-order valence-corrected chi connectivity index (χ3v) is 2.68. The first-order valence-corrected chi connectivity index (χ1v) is 5.33. The summed E-state index contributed by atoms with van der Waals surface area (Å²) >= 11 is 2.99. The molecule has 1 amide bonds. The van der Waals surface area contributed by atoms with Gasteiger partial charge in [-0.2, -0.15) is 11.1 Å². The predicted molar refractivity (Wildman–Crippen MR) is 57.9 cm³/mol. The van der Waals surface area contributed by atoms with E-state index in [0.717, 1.165) is 12.1 Å².